The number of aliphatic carboxylic acids is 1. The van der Waals surface area contributed by atoms with Gasteiger partial charge in [-0.2, -0.15) is 0 Å². The second kappa shape index (κ2) is 8.54. The molecule has 0 bridgehead atoms. The largest absolute Gasteiger partial charge is 0.478 e. The molecule has 2 N–H and O–H groups in total. The summed E-state index contributed by atoms with van der Waals surface area (Å²) in [5, 5.41) is 19.0. The molecule has 0 aromatic heterocycles. The molecule has 26 heavy (non-hydrogen) atoms. The Bertz CT molecular complexity index is 800. The highest BCUT2D eigenvalue weighted by atomic mass is 16.6. The van der Waals surface area contributed by atoms with Crippen molar-refractivity contribution in [3.05, 3.63) is 71.8 Å². The summed E-state index contributed by atoms with van der Waals surface area (Å²) >= 11 is 0. The highest BCUT2D eigenvalue weighted by Gasteiger charge is 2.38. The molecule has 2 aromatic carbocycles. The van der Waals surface area contributed by atoms with E-state index in [1.807, 2.05) is 0 Å². The van der Waals surface area contributed by atoms with E-state index in [1.54, 1.807) is 12.1 Å². The lowest BCUT2D eigenvalue weighted by Crippen LogP contribution is -2.44. The molecule has 0 amide bonds. The van der Waals surface area contributed by atoms with E-state index < -0.39 is 36.1 Å². The smallest absolute Gasteiger partial charge is 0.348 e. The number of carbonyl (C=O) groups excluding carboxylic acids is 3. The van der Waals surface area contributed by atoms with Crippen LogP contribution in [-0.4, -0.2) is 46.3 Å². The molecule has 2 rings (SSSR count). The maximum atomic E-state index is 11.9. The van der Waals surface area contributed by atoms with Gasteiger partial charge in [-0.25, -0.2) is 19.2 Å². The van der Waals surface area contributed by atoms with Crippen molar-refractivity contribution >= 4 is 23.9 Å². The van der Waals surface area contributed by atoms with E-state index in [-0.39, 0.29) is 11.1 Å². The molecule has 0 aliphatic heterocycles. The Balaban J connectivity index is 2.06. The number of carboxylic acid groups (broad SMARTS) is 1. The zero-order valence-corrected chi connectivity index (χ0v) is 13.3. The summed E-state index contributed by atoms with van der Waals surface area (Å²) in [6, 6.07) is 14.8. The lowest BCUT2D eigenvalue weighted by molar-refractivity contribution is -0.166. The highest BCUT2D eigenvalue weighted by Crippen LogP contribution is 2.10. The number of carboxylic acids is 1. The van der Waals surface area contributed by atoms with Crippen molar-refractivity contribution in [2.24, 2.45) is 0 Å². The molecular formula is C18H14O8. The number of aliphatic hydroxyl groups excluding tert-OH is 1. The zero-order chi connectivity index (χ0) is 19.1. The minimum Gasteiger partial charge on any atom is -0.478 e. The van der Waals surface area contributed by atoms with E-state index in [1.165, 1.54) is 48.5 Å². The maximum Gasteiger partial charge on any atom is 0.348 e. The number of carbonyl (C=O) groups is 4. The summed E-state index contributed by atoms with van der Waals surface area (Å²) in [4.78, 5) is 46.8. The number of benzene rings is 2. The van der Waals surface area contributed by atoms with Gasteiger partial charge >= 0.3 is 23.9 Å². The second-order valence-electron chi connectivity index (χ2n) is 5.05. The minimum absolute atomic E-state index is 0.0275. The zero-order valence-electron chi connectivity index (χ0n) is 13.3. The number of rotatable bonds is 6. The Morgan fingerprint density at radius 2 is 1.23 bits per heavy atom. The van der Waals surface area contributed by atoms with Gasteiger partial charge in [-0.3, -0.25) is 0 Å². The van der Waals surface area contributed by atoms with Crippen molar-refractivity contribution in [1.29, 1.82) is 0 Å². The van der Waals surface area contributed by atoms with Crippen LogP contribution in [0, 0.1) is 0 Å². The average Bonchev–Trinajstić information content (AvgIpc) is 2.66. The van der Waals surface area contributed by atoms with Crippen LogP contribution in [0.2, 0.25) is 0 Å². The Labute approximate surface area is 147 Å². The van der Waals surface area contributed by atoms with Crippen molar-refractivity contribution in [1.82, 2.24) is 0 Å². The topological polar surface area (TPSA) is 127 Å². The Morgan fingerprint density at radius 1 is 0.769 bits per heavy atom. The Morgan fingerprint density at radius 3 is 1.69 bits per heavy atom. The number of hydrogen-bond donors (Lipinski definition) is 2. The van der Waals surface area contributed by atoms with Crippen LogP contribution in [0.25, 0.3) is 0 Å². The van der Waals surface area contributed by atoms with Crippen molar-refractivity contribution < 1.29 is 38.9 Å². The lowest BCUT2D eigenvalue weighted by Gasteiger charge is -2.18. The van der Waals surface area contributed by atoms with Crippen LogP contribution in [0.5, 0.6) is 0 Å². The van der Waals surface area contributed by atoms with Gasteiger partial charge in [-0.15, -0.1) is 0 Å². The predicted octanol–water partition coefficient (Wildman–Crippen LogP) is 1.04. The Hall–Kier alpha value is -3.52. The van der Waals surface area contributed by atoms with Gasteiger partial charge in [0.25, 0.3) is 0 Å². The molecule has 0 aliphatic rings. The fraction of sp³-hybridized carbons (Fsp3) is 0.111. The molecule has 0 unspecified atom stereocenters. The number of esters is 3. The van der Waals surface area contributed by atoms with Crippen LogP contribution in [0.3, 0.4) is 0 Å². The van der Waals surface area contributed by atoms with E-state index in [4.69, 9.17) is 5.11 Å². The molecule has 0 heterocycles. The number of hydrogen-bond acceptors (Lipinski definition) is 7. The van der Waals surface area contributed by atoms with Gasteiger partial charge in [0, 0.05) is 0 Å². The molecule has 134 valence electrons. The summed E-state index contributed by atoms with van der Waals surface area (Å²) in [5.74, 6) is -5.45. The maximum absolute atomic E-state index is 11.9. The molecule has 2 atom stereocenters. The standard InChI is InChI=1S/C18H14O8/c19-13(18(24)26-17(23)12-9-5-2-6-10-12)14(15(20)21)25-16(22)11-7-3-1-4-8-11/h1-10,13-14,19H,(H,20,21)/t13-,14-/m1/s1. The average molecular weight is 358 g/mol. The van der Waals surface area contributed by atoms with Gasteiger partial charge in [0.2, 0.25) is 12.2 Å². The van der Waals surface area contributed by atoms with Crippen LogP contribution in [-0.2, 0) is 19.1 Å². The summed E-state index contributed by atoms with van der Waals surface area (Å²) in [6.07, 6.45) is -4.62. The predicted molar refractivity (Wildman–Crippen MR) is 86.2 cm³/mol. The van der Waals surface area contributed by atoms with Crippen LogP contribution < -0.4 is 0 Å². The molecule has 8 nitrogen and oxygen atoms in total. The van der Waals surface area contributed by atoms with E-state index in [0.29, 0.717) is 0 Å². The van der Waals surface area contributed by atoms with Crippen molar-refractivity contribution in [2.45, 2.75) is 12.2 Å². The molecule has 0 saturated carbocycles. The molecule has 8 heteroatoms. The molecule has 2 aromatic rings. The SMILES string of the molecule is O=C(OC(=O)[C@H](O)[C@@H](OC(=O)c1ccccc1)C(=O)O)c1ccccc1. The number of ether oxygens (including phenoxy) is 2. The van der Waals surface area contributed by atoms with Gasteiger partial charge < -0.3 is 19.7 Å². The van der Waals surface area contributed by atoms with Crippen molar-refractivity contribution in [3.63, 3.8) is 0 Å². The third kappa shape index (κ3) is 4.74. The molecule has 0 fully saturated rings. The molecule has 0 radical (unpaired) electrons. The fourth-order valence-corrected chi connectivity index (χ4v) is 1.92. The van der Waals surface area contributed by atoms with Crippen molar-refractivity contribution in [2.75, 3.05) is 0 Å². The van der Waals surface area contributed by atoms with Gasteiger partial charge in [0.1, 0.15) is 0 Å². The fourth-order valence-electron chi connectivity index (χ4n) is 1.92. The first kappa shape index (κ1) is 18.8. The summed E-state index contributed by atoms with van der Waals surface area (Å²) in [5.41, 5.74) is 0.0564. The van der Waals surface area contributed by atoms with Crippen LogP contribution in [0.4, 0.5) is 0 Å². The lowest BCUT2D eigenvalue weighted by atomic mass is 10.2. The first-order chi connectivity index (χ1) is 12.4. The highest BCUT2D eigenvalue weighted by molar-refractivity contribution is 5.99. The van der Waals surface area contributed by atoms with Gasteiger partial charge in [0.05, 0.1) is 11.1 Å². The van der Waals surface area contributed by atoms with Crippen molar-refractivity contribution in [3.8, 4) is 0 Å². The van der Waals surface area contributed by atoms with E-state index >= 15 is 0 Å². The first-order valence-electron chi connectivity index (χ1n) is 7.38. The normalized spacial score (nSPS) is 12.5. The third-order valence-corrected chi connectivity index (χ3v) is 3.22. The van der Waals surface area contributed by atoms with Gasteiger partial charge in [0.15, 0.2) is 0 Å². The molecule has 0 spiro atoms. The second-order valence-corrected chi connectivity index (χ2v) is 5.05. The van der Waals surface area contributed by atoms with Crippen LogP contribution >= 0.6 is 0 Å². The third-order valence-electron chi connectivity index (χ3n) is 3.22. The number of aliphatic hydroxyl groups is 1. The molecule has 0 aliphatic carbocycles. The summed E-state index contributed by atoms with van der Waals surface area (Å²) in [7, 11) is 0. The molecule has 0 saturated heterocycles. The van der Waals surface area contributed by atoms with E-state index in [9.17, 15) is 24.3 Å². The summed E-state index contributed by atoms with van der Waals surface area (Å²) in [6.45, 7) is 0. The van der Waals surface area contributed by atoms with Gasteiger partial charge in [-0.1, -0.05) is 36.4 Å². The minimum atomic E-state index is -2.38. The van der Waals surface area contributed by atoms with Gasteiger partial charge in [-0.05, 0) is 24.3 Å². The van der Waals surface area contributed by atoms with Crippen LogP contribution in [0.15, 0.2) is 60.7 Å². The molecular weight excluding hydrogens is 344 g/mol. The van der Waals surface area contributed by atoms with E-state index in [0.717, 1.165) is 0 Å². The quantitative estimate of drug-likeness (QED) is 0.579. The monoisotopic (exact) mass is 358 g/mol. The first-order valence-corrected chi connectivity index (χ1v) is 7.38. The van der Waals surface area contributed by atoms with E-state index in [2.05, 4.69) is 9.47 Å². The Kier molecular flexibility index (Phi) is 6.18. The summed E-state index contributed by atoms with van der Waals surface area (Å²) < 4.78 is 9.10. The van der Waals surface area contributed by atoms with Crippen LogP contribution in [0.1, 0.15) is 20.7 Å².